The number of hydrogen-bond acceptors (Lipinski definition) is 3. The van der Waals surface area contributed by atoms with Gasteiger partial charge in [-0.25, -0.2) is 0 Å². The molecule has 5 heteroatoms. The van der Waals surface area contributed by atoms with E-state index < -0.39 is 6.04 Å². The van der Waals surface area contributed by atoms with Gasteiger partial charge in [0.1, 0.15) is 17.5 Å². The summed E-state index contributed by atoms with van der Waals surface area (Å²) in [6, 6.07) is 23.7. The fraction of sp³-hybridized carbons (Fsp3) is 0.0952. The molecule has 3 rings (SSSR count). The Hall–Kier alpha value is -2.98. The van der Waals surface area contributed by atoms with E-state index in [-0.39, 0.29) is 5.91 Å². The summed E-state index contributed by atoms with van der Waals surface area (Å²) in [5.74, 6) is 1.37. The summed E-state index contributed by atoms with van der Waals surface area (Å²) in [5, 5.41) is 6.58. The fourth-order valence-corrected chi connectivity index (χ4v) is 2.57. The third-order valence-electron chi connectivity index (χ3n) is 3.70. The van der Waals surface area contributed by atoms with Gasteiger partial charge in [-0.2, -0.15) is 0 Å². The molecule has 3 aromatic carbocycles. The van der Waals surface area contributed by atoms with Crippen molar-refractivity contribution in [2.24, 2.45) is 0 Å². The summed E-state index contributed by atoms with van der Waals surface area (Å²) in [7, 11) is 0. The van der Waals surface area contributed by atoms with Crippen LogP contribution in [0.5, 0.6) is 11.5 Å². The summed E-state index contributed by atoms with van der Waals surface area (Å²) < 4.78 is 5.76. The van der Waals surface area contributed by atoms with Crippen LogP contribution in [0.2, 0.25) is 5.02 Å². The van der Waals surface area contributed by atoms with E-state index in [1.165, 1.54) is 0 Å². The van der Waals surface area contributed by atoms with E-state index in [1.807, 2.05) is 54.6 Å². The molecule has 0 aliphatic rings. The van der Waals surface area contributed by atoms with Gasteiger partial charge in [-0.1, -0.05) is 35.9 Å². The van der Waals surface area contributed by atoms with Crippen molar-refractivity contribution in [1.82, 2.24) is 0 Å². The van der Waals surface area contributed by atoms with Crippen LogP contribution in [0.15, 0.2) is 78.9 Å². The van der Waals surface area contributed by atoms with Gasteiger partial charge in [-0.05, 0) is 61.5 Å². The highest BCUT2D eigenvalue weighted by Gasteiger charge is 2.13. The minimum atomic E-state index is -0.408. The summed E-state index contributed by atoms with van der Waals surface area (Å²) >= 11 is 5.93. The summed E-state index contributed by atoms with van der Waals surface area (Å²) in [5.41, 5.74) is 1.50. The molecule has 0 aliphatic heterocycles. The zero-order chi connectivity index (χ0) is 18.4. The van der Waals surface area contributed by atoms with E-state index >= 15 is 0 Å². The van der Waals surface area contributed by atoms with Crippen molar-refractivity contribution in [1.29, 1.82) is 0 Å². The Labute approximate surface area is 157 Å². The molecule has 0 radical (unpaired) electrons. The molecule has 0 unspecified atom stereocenters. The van der Waals surface area contributed by atoms with Crippen LogP contribution in [-0.4, -0.2) is 11.9 Å². The van der Waals surface area contributed by atoms with Crippen LogP contribution in [0.1, 0.15) is 6.92 Å². The lowest BCUT2D eigenvalue weighted by Gasteiger charge is -2.16. The quantitative estimate of drug-likeness (QED) is 0.599. The second-order valence-corrected chi connectivity index (χ2v) is 6.24. The Morgan fingerprint density at radius 2 is 1.58 bits per heavy atom. The molecule has 0 bridgehead atoms. The monoisotopic (exact) mass is 366 g/mol. The Kier molecular flexibility index (Phi) is 5.77. The number of nitrogens with one attached hydrogen (secondary N) is 2. The highest BCUT2D eigenvalue weighted by atomic mass is 35.5. The molecular weight excluding hydrogens is 348 g/mol. The Morgan fingerprint density at radius 3 is 2.27 bits per heavy atom. The van der Waals surface area contributed by atoms with Crippen LogP contribution in [0.25, 0.3) is 0 Å². The Bertz CT molecular complexity index is 867. The van der Waals surface area contributed by atoms with Crippen molar-refractivity contribution in [2.45, 2.75) is 13.0 Å². The van der Waals surface area contributed by atoms with E-state index in [4.69, 9.17) is 16.3 Å². The lowest BCUT2D eigenvalue weighted by atomic mass is 10.2. The van der Waals surface area contributed by atoms with Gasteiger partial charge in [-0.3, -0.25) is 4.79 Å². The zero-order valence-electron chi connectivity index (χ0n) is 14.3. The predicted octanol–water partition coefficient (Wildman–Crippen LogP) is 5.57. The number of benzene rings is 3. The molecule has 132 valence electrons. The van der Waals surface area contributed by atoms with Gasteiger partial charge in [0, 0.05) is 16.4 Å². The average Bonchev–Trinajstić information content (AvgIpc) is 2.64. The molecule has 0 fully saturated rings. The van der Waals surface area contributed by atoms with Crippen LogP contribution in [0, 0.1) is 0 Å². The van der Waals surface area contributed by atoms with E-state index in [1.54, 1.807) is 31.2 Å². The van der Waals surface area contributed by atoms with Crippen LogP contribution >= 0.6 is 11.6 Å². The minimum absolute atomic E-state index is 0.142. The smallest absolute Gasteiger partial charge is 0.246 e. The molecule has 26 heavy (non-hydrogen) atoms. The van der Waals surface area contributed by atoms with Crippen molar-refractivity contribution in [3.05, 3.63) is 83.9 Å². The Balaban J connectivity index is 1.57. The maximum absolute atomic E-state index is 12.3. The van der Waals surface area contributed by atoms with Gasteiger partial charge in [0.25, 0.3) is 0 Å². The van der Waals surface area contributed by atoms with Crippen molar-refractivity contribution < 1.29 is 9.53 Å². The van der Waals surface area contributed by atoms with Crippen LogP contribution in [0.3, 0.4) is 0 Å². The van der Waals surface area contributed by atoms with E-state index in [0.717, 1.165) is 17.2 Å². The highest BCUT2D eigenvalue weighted by molar-refractivity contribution is 6.30. The van der Waals surface area contributed by atoms with Gasteiger partial charge in [0.2, 0.25) is 5.91 Å². The topological polar surface area (TPSA) is 50.4 Å². The molecule has 3 aromatic rings. The summed E-state index contributed by atoms with van der Waals surface area (Å²) in [6.07, 6.45) is 0. The maximum atomic E-state index is 12.3. The summed E-state index contributed by atoms with van der Waals surface area (Å²) in [4.78, 5) is 12.3. The molecule has 0 saturated heterocycles. The van der Waals surface area contributed by atoms with Crippen molar-refractivity contribution in [2.75, 3.05) is 10.6 Å². The van der Waals surface area contributed by atoms with Crippen molar-refractivity contribution in [3.63, 3.8) is 0 Å². The van der Waals surface area contributed by atoms with E-state index in [0.29, 0.717) is 10.7 Å². The zero-order valence-corrected chi connectivity index (χ0v) is 15.0. The SMILES string of the molecule is C[C@@H](Nc1ccc(Oc2ccccc2)cc1)C(=O)Nc1cccc(Cl)c1. The molecule has 1 atom stereocenters. The molecule has 0 heterocycles. The van der Waals surface area contributed by atoms with Crippen molar-refractivity contribution >= 4 is 28.9 Å². The Morgan fingerprint density at radius 1 is 0.885 bits per heavy atom. The normalized spacial score (nSPS) is 11.5. The predicted molar refractivity (Wildman–Crippen MR) is 106 cm³/mol. The standard InChI is InChI=1S/C21H19ClN2O2/c1-15(21(25)24-18-7-5-6-16(22)14-18)23-17-10-12-20(13-11-17)26-19-8-3-2-4-9-19/h2-15,23H,1H3,(H,24,25)/t15-/m1/s1. The number of rotatable bonds is 6. The number of carbonyl (C=O) groups excluding carboxylic acids is 1. The molecular formula is C21H19ClN2O2. The van der Waals surface area contributed by atoms with E-state index in [2.05, 4.69) is 10.6 Å². The van der Waals surface area contributed by atoms with Crippen LogP contribution < -0.4 is 15.4 Å². The molecule has 0 spiro atoms. The third-order valence-corrected chi connectivity index (χ3v) is 3.94. The van der Waals surface area contributed by atoms with Gasteiger partial charge in [-0.15, -0.1) is 0 Å². The number of ether oxygens (including phenoxy) is 1. The molecule has 2 N–H and O–H groups in total. The molecule has 1 amide bonds. The van der Waals surface area contributed by atoms with Gasteiger partial charge in [0.05, 0.1) is 0 Å². The summed E-state index contributed by atoms with van der Waals surface area (Å²) in [6.45, 7) is 1.80. The lowest BCUT2D eigenvalue weighted by molar-refractivity contribution is -0.116. The number of halogens is 1. The molecule has 4 nitrogen and oxygen atoms in total. The first-order valence-electron chi connectivity index (χ1n) is 8.26. The second kappa shape index (κ2) is 8.41. The number of amides is 1. The first kappa shape index (κ1) is 17.8. The highest BCUT2D eigenvalue weighted by Crippen LogP contribution is 2.23. The van der Waals surface area contributed by atoms with Crippen LogP contribution in [-0.2, 0) is 4.79 Å². The third kappa shape index (κ3) is 5.01. The number of anilines is 2. The van der Waals surface area contributed by atoms with Crippen LogP contribution in [0.4, 0.5) is 11.4 Å². The van der Waals surface area contributed by atoms with Gasteiger partial charge >= 0.3 is 0 Å². The maximum Gasteiger partial charge on any atom is 0.246 e. The van der Waals surface area contributed by atoms with E-state index in [9.17, 15) is 4.79 Å². The fourth-order valence-electron chi connectivity index (χ4n) is 2.38. The van der Waals surface area contributed by atoms with Gasteiger partial charge < -0.3 is 15.4 Å². The number of para-hydroxylation sites is 1. The number of hydrogen-bond donors (Lipinski definition) is 2. The molecule has 0 saturated carbocycles. The largest absolute Gasteiger partial charge is 0.457 e. The minimum Gasteiger partial charge on any atom is -0.457 e. The number of carbonyl (C=O) groups is 1. The molecule has 0 aromatic heterocycles. The molecule has 0 aliphatic carbocycles. The first-order valence-corrected chi connectivity index (χ1v) is 8.64. The van der Waals surface area contributed by atoms with Gasteiger partial charge in [0.15, 0.2) is 0 Å². The second-order valence-electron chi connectivity index (χ2n) is 5.81. The average molecular weight is 367 g/mol. The van der Waals surface area contributed by atoms with Crippen molar-refractivity contribution in [3.8, 4) is 11.5 Å². The lowest BCUT2D eigenvalue weighted by Crippen LogP contribution is -2.31. The first-order chi connectivity index (χ1) is 12.6.